The van der Waals surface area contributed by atoms with Crippen LogP contribution in [0.2, 0.25) is 0 Å². The van der Waals surface area contributed by atoms with Crippen molar-refractivity contribution in [3.8, 4) is 0 Å². The zero-order valence-corrected chi connectivity index (χ0v) is 8.92. The number of rotatable bonds is 3. The van der Waals surface area contributed by atoms with E-state index in [1.54, 1.807) is 18.2 Å². The Labute approximate surface area is 88.9 Å². The zero-order chi connectivity index (χ0) is 11.4. The van der Waals surface area contributed by atoms with E-state index in [4.69, 9.17) is 11.6 Å². The number of benzene rings is 1. The van der Waals surface area contributed by atoms with Gasteiger partial charge in [-0.3, -0.25) is 5.84 Å². The molecule has 0 radical (unpaired) electrons. The summed E-state index contributed by atoms with van der Waals surface area (Å²) < 4.78 is 14.0. The van der Waals surface area contributed by atoms with E-state index >= 15 is 0 Å². The molecular formula is C11H16FN3. The van der Waals surface area contributed by atoms with E-state index in [1.807, 2.05) is 13.8 Å². The van der Waals surface area contributed by atoms with Crippen LogP contribution in [0.5, 0.6) is 0 Å². The van der Waals surface area contributed by atoms with Crippen molar-refractivity contribution >= 4 is 5.70 Å². The molecule has 0 spiro atoms. The Hall–Kier alpha value is -1.55. The highest BCUT2D eigenvalue weighted by Crippen LogP contribution is 2.23. The lowest BCUT2D eigenvalue weighted by Gasteiger charge is -2.12. The molecule has 5 N–H and O–H groups in total. The quantitative estimate of drug-likeness (QED) is 0.524. The molecule has 0 amide bonds. The fourth-order valence-corrected chi connectivity index (χ4v) is 1.42. The SMILES string of the molecule is CC(C)c1cccc(/C(=C/N)NN)c1F. The van der Waals surface area contributed by atoms with E-state index in [1.165, 1.54) is 6.20 Å². The Kier molecular flexibility index (Phi) is 3.68. The van der Waals surface area contributed by atoms with Gasteiger partial charge in [-0.1, -0.05) is 26.0 Å². The minimum absolute atomic E-state index is 0.127. The average Bonchev–Trinajstić information content (AvgIpc) is 2.21. The molecule has 1 rings (SSSR count). The maximum absolute atomic E-state index is 14.0. The largest absolute Gasteiger partial charge is 0.403 e. The molecule has 1 aromatic rings. The summed E-state index contributed by atoms with van der Waals surface area (Å²) in [6.45, 7) is 3.87. The van der Waals surface area contributed by atoms with Gasteiger partial charge < -0.3 is 11.2 Å². The Balaban J connectivity index is 3.26. The van der Waals surface area contributed by atoms with Gasteiger partial charge in [0.05, 0.1) is 5.70 Å². The van der Waals surface area contributed by atoms with Gasteiger partial charge in [-0.25, -0.2) is 4.39 Å². The molecular weight excluding hydrogens is 193 g/mol. The van der Waals surface area contributed by atoms with Gasteiger partial charge in [0.15, 0.2) is 0 Å². The van der Waals surface area contributed by atoms with Gasteiger partial charge in [-0.05, 0) is 17.5 Å². The fourth-order valence-electron chi connectivity index (χ4n) is 1.42. The van der Waals surface area contributed by atoms with Crippen molar-refractivity contribution in [2.45, 2.75) is 19.8 Å². The van der Waals surface area contributed by atoms with Crippen LogP contribution in [0.3, 0.4) is 0 Å². The van der Waals surface area contributed by atoms with E-state index < -0.39 is 0 Å². The zero-order valence-electron chi connectivity index (χ0n) is 8.92. The highest BCUT2D eigenvalue weighted by molar-refractivity contribution is 5.64. The predicted molar refractivity (Wildman–Crippen MR) is 60.0 cm³/mol. The second kappa shape index (κ2) is 4.79. The normalized spacial score (nSPS) is 11.9. The number of halogens is 1. The topological polar surface area (TPSA) is 64.1 Å². The lowest BCUT2D eigenvalue weighted by molar-refractivity contribution is 0.593. The van der Waals surface area contributed by atoms with E-state index in [2.05, 4.69) is 5.43 Å². The number of hydrogen-bond donors (Lipinski definition) is 3. The first-order chi connectivity index (χ1) is 7.11. The summed E-state index contributed by atoms with van der Waals surface area (Å²) in [7, 11) is 0. The van der Waals surface area contributed by atoms with Crippen LogP contribution in [0.15, 0.2) is 24.4 Å². The molecule has 0 aliphatic heterocycles. The summed E-state index contributed by atoms with van der Waals surface area (Å²) in [6, 6.07) is 5.18. The minimum atomic E-state index is -0.276. The van der Waals surface area contributed by atoms with Crippen LogP contribution in [-0.4, -0.2) is 0 Å². The standard InChI is InChI=1S/C11H16FN3/c1-7(2)8-4-3-5-9(11(8)12)10(6-13)15-14/h3-7,15H,13-14H2,1-2H3/b10-6-. The second-order valence-electron chi connectivity index (χ2n) is 3.59. The summed E-state index contributed by atoms with van der Waals surface area (Å²) >= 11 is 0. The van der Waals surface area contributed by atoms with Gasteiger partial charge in [0.25, 0.3) is 0 Å². The summed E-state index contributed by atoms with van der Waals surface area (Å²) in [6.07, 6.45) is 1.25. The van der Waals surface area contributed by atoms with Gasteiger partial charge >= 0.3 is 0 Å². The second-order valence-corrected chi connectivity index (χ2v) is 3.59. The van der Waals surface area contributed by atoms with Gasteiger partial charge in [0, 0.05) is 11.8 Å². The van der Waals surface area contributed by atoms with Crippen LogP contribution in [0.1, 0.15) is 30.9 Å². The lowest BCUT2D eigenvalue weighted by Crippen LogP contribution is -2.22. The van der Waals surface area contributed by atoms with Crippen molar-refractivity contribution in [2.75, 3.05) is 0 Å². The van der Waals surface area contributed by atoms with Crippen molar-refractivity contribution in [3.63, 3.8) is 0 Å². The molecule has 0 atom stereocenters. The maximum Gasteiger partial charge on any atom is 0.136 e. The van der Waals surface area contributed by atoms with Crippen molar-refractivity contribution in [1.82, 2.24) is 5.43 Å². The van der Waals surface area contributed by atoms with Crippen molar-refractivity contribution < 1.29 is 4.39 Å². The van der Waals surface area contributed by atoms with Gasteiger partial charge in [0.1, 0.15) is 5.82 Å². The van der Waals surface area contributed by atoms with Crippen molar-refractivity contribution in [2.24, 2.45) is 11.6 Å². The van der Waals surface area contributed by atoms with Crippen LogP contribution in [0.4, 0.5) is 4.39 Å². The first kappa shape index (κ1) is 11.5. The first-order valence-electron chi connectivity index (χ1n) is 4.79. The molecule has 0 aliphatic rings. The highest BCUT2D eigenvalue weighted by atomic mass is 19.1. The average molecular weight is 209 g/mol. The molecule has 0 heterocycles. The van der Waals surface area contributed by atoms with Gasteiger partial charge in [-0.15, -0.1) is 0 Å². The number of hydrogen-bond acceptors (Lipinski definition) is 3. The van der Waals surface area contributed by atoms with Crippen LogP contribution in [0, 0.1) is 5.82 Å². The number of hydrazine groups is 1. The minimum Gasteiger partial charge on any atom is -0.403 e. The fraction of sp³-hybridized carbons (Fsp3) is 0.273. The first-order valence-corrected chi connectivity index (χ1v) is 4.79. The van der Waals surface area contributed by atoms with Crippen molar-refractivity contribution in [1.29, 1.82) is 0 Å². The smallest absolute Gasteiger partial charge is 0.136 e. The summed E-state index contributed by atoms with van der Waals surface area (Å²) in [5.74, 6) is 5.10. The van der Waals surface area contributed by atoms with Crippen molar-refractivity contribution in [3.05, 3.63) is 41.3 Å². The van der Waals surface area contributed by atoms with E-state index in [9.17, 15) is 4.39 Å². The van der Waals surface area contributed by atoms with E-state index in [-0.39, 0.29) is 11.7 Å². The molecule has 0 aliphatic carbocycles. The molecule has 0 bridgehead atoms. The van der Waals surface area contributed by atoms with E-state index in [0.717, 1.165) is 0 Å². The molecule has 1 aromatic carbocycles. The van der Waals surface area contributed by atoms with E-state index in [0.29, 0.717) is 16.8 Å². The third-order valence-corrected chi connectivity index (χ3v) is 2.26. The molecule has 82 valence electrons. The Morgan fingerprint density at radius 1 is 1.47 bits per heavy atom. The molecule has 0 aromatic heterocycles. The number of nitrogens with one attached hydrogen (secondary N) is 1. The lowest BCUT2D eigenvalue weighted by atomic mass is 9.99. The van der Waals surface area contributed by atoms with Crippen LogP contribution < -0.4 is 17.0 Å². The highest BCUT2D eigenvalue weighted by Gasteiger charge is 2.12. The number of nitrogens with two attached hydrogens (primary N) is 2. The Morgan fingerprint density at radius 2 is 2.13 bits per heavy atom. The monoisotopic (exact) mass is 209 g/mol. The maximum atomic E-state index is 14.0. The molecule has 15 heavy (non-hydrogen) atoms. The third-order valence-electron chi connectivity index (χ3n) is 2.26. The molecule has 3 nitrogen and oxygen atoms in total. The molecule has 0 fully saturated rings. The Morgan fingerprint density at radius 3 is 2.60 bits per heavy atom. The van der Waals surface area contributed by atoms with Gasteiger partial charge in [0.2, 0.25) is 0 Å². The van der Waals surface area contributed by atoms with Crippen LogP contribution >= 0.6 is 0 Å². The Bertz CT molecular complexity index is 372. The molecule has 0 saturated heterocycles. The summed E-state index contributed by atoms with van der Waals surface area (Å²) in [4.78, 5) is 0. The molecule has 4 heteroatoms. The molecule has 0 unspecified atom stereocenters. The summed E-state index contributed by atoms with van der Waals surface area (Å²) in [5, 5.41) is 0. The predicted octanol–water partition coefficient (Wildman–Crippen LogP) is 1.67. The summed E-state index contributed by atoms with van der Waals surface area (Å²) in [5.41, 5.74) is 9.14. The van der Waals surface area contributed by atoms with Gasteiger partial charge in [-0.2, -0.15) is 0 Å². The molecule has 0 saturated carbocycles. The van der Waals surface area contributed by atoms with Crippen LogP contribution in [-0.2, 0) is 0 Å². The van der Waals surface area contributed by atoms with Crippen LogP contribution in [0.25, 0.3) is 5.70 Å². The third kappa shape index (κ3) is 2.27.